The SMILES string of the molecule is Cc1ccc([N+](=O)[O-])c(NC(CCC(N)C(=O)O)C(=O)C(C)C)c1. The molecule has 0 aliphatic carbocycles. The summed E-state index contributed by atoms with van der Waals surface area (Å²) in [5.74, 6) is -1.59. The van der Waals surface area contributed by atoms with Crippen molar-refractivity contribution in [1.82, 2.24) is 0 Å². The standard InChI is InChI=1S/C16H23N3O5/c1-9(2)15(20)12(6-5-11(17)16(21)22)18-13-8-10(3)4-7-14(13)19(23)24/h4,7-9,11-12,18H,5-6,17H2,1-3H3,(H,21,22). The molecule has 132 valence electrons. The van der Waals surface area contributed by atoms with Crippen molar-refractivity contribution in [3.8, 4) is 0 Å². The number of aryl methyl sites for hydroxylation is 1. The number of rotatable bonds is 9. The second-order valence-corrected chi connectivity index (χ2v) is 6.05. The van der Waals surface area contributed by atoms with Gasteiger partial charge in [-0.2, -0.15) is 0 Å². The summed E-state index contributed by atoms with van der Waals surface area (Å²) in [5.41, 5.74) is 6.40. The van der Waals surface area contributed by atoms with E-state index < -0.39 is 23.0 Å². The summed E-state index contributed by atoms with van der Waals surface area (Å²) in [6.45, 7) is 5.23. The number of nitrogens with zero attached hydrogens (tertiary/aromatic N) is 1. The van der Waals surface area contributed by atoms with Crippen molar-refractivity contribution in [3.63, 3.8) is 0 Å². The molecular formula is C16H23N3O5. The summed E-state index contributed by atoms with van der Waals surface area (Å²) in [7, 11) is 0. The maximum absolute atomic E-state index is 12.4. The minimum atomic E-state index is -1.15. The van der Waals surface area contributed by atoms with Crippen LogP contribution in [-0.2, 0) is 9.59 Å². The van der Waals surface area contributed by atoms with Crippen LogP contribution in [0.5, 0.6) is 0 Å². The molecule has 24 heavy (non-hydrogen) atoms. The van der Waals surface area contributed by atoms with Gasteiger partial charge in [0.05, 0.1) is 11.0 Å². The number of carboxylic acids is 1. The van der Waals surface area contributed by atoms with Gasteiger partial charge in [-0.15, -0.1) is 0 Å². The third-order valence-electron chi connectivity index (χ3n) is 3.67. The first-order chi connectivity index (χ1) is 11.1. The highest BCUT2D eigenvalue weighted by atomic mass is 16.6. The Morgan fingerprint density at radius 3 is 2.46 bits per heavy atom. The highest BCUT2D eigenvalue weighted by molar-refractivity contribution is 5.89. The lowest BCUT2D eigenvalue weighted by atomic mass is 9.95. The van der Waals surface area contributed by atoms with Gasteiger partial charge in [0.1, 0.15) is 11.7 Å². The van der Waals surface area contributed by atoms with Gasteiger partial charge in [0.2, 0.25) is 0 Å². The lowest BCUT2D eigenvalue weighted by Crippen LogP contribution is -2.37. The number of carboxylic acid groups (broad SMARTS) is 1. The summed E-state index contributed by atoms with van der Waals surface area (Å²) in [6.07, 6.45) is 0.265. The molecule has 0 fully saturated rings. The number of nitrogens with two attached hydrogens (primary N) is 1. The molecular weight excluding hydrogens is 314 g/mol. The van der Waals surface area contributed by atoms with E-state index in [2.05, 4.69) is 5.32 Å². The summed E-state index contributed by atoms with van der Waals surface area (Å²) >= 11 is 0. The van der Waals surface area contributed by atoms with Crippen molar-refractivity contribution in [2.45, 2.75) is 45.7 Å². The van der Waals surface area contributed by atoms with E-state index in [1.807, 2.05) is 0 Å². The molecule has 2 unspecified atom stereocenters. The van der Waals surface area contributed by atoms with Crippen LogP contribution in [0.1, 0.15) is 32.3 Å². The van der Waals surface area contributed by atoms with Crippen molar-refractivity contribution in [2.24, 2.45) is 11.7 Å². The molecule has 0 saturated carbocycles. The quantitative estimate of drug-likeness (QED) is 0.463. The fraction of sp³-hybridized carbons (Fsp3) is 0.500. The van der Waals surface area contributed by atoms with Crippen LogP contribution in [0.15, 0.2) is 18.2 Å². The summed E-state index contributed by atoms with van der Waals surface area (Å²) < 4.78 is 0. The van der Waals surface area contributed by atoms with E-state index in [9.17, 15) is 19.7 Å². The fourth-order valence-electron chi connectivity index (χ4n) is 2.27. The minimum Gasteiger partial charge on any atom is -0.480 e. The number of carbonyl (C=O) groups excluding carboxylic acids is 1. The van der Waals surface area contributed by atoms with Crippen LogP contribution in [0.3, 0.4) is 0 Å². The smallest absolute Gasteiger partial charge is 0.320 e. The number of nitro benzene ring substituents is 1. The molecule has 2 atom stereocenters. The molecule has 0 saturated heterocycles. The number of hydrogen-bond acceptors (Lipinski definition) is 6. The Bertz CT molecular complexity index is 630. The zero-order chi connectivity index (χ0) is 18.4. The molecule has 0 spiro atoms. The maximum Gasteiger partial charge on any atom is 0.320 e. The van der Waals surface area contributed by atoms with Gasteiger partial charge in [-0.1, -0.05) is 19.9 Å². The normalized spacial score (nSPS) is 13.4. The summed E-state index contributed by atoms with van der Waals surface area (Å²) in [6, 6.07) is 2.76. The van der Waals surface area contributed by atoms with Crippen molar-refractivity contribution in [3.05, 3.63) is 33.9 Å². The van der Waals surface area contributed by atoms with Crippen molar-refractivity contribution < 1.29 is 19.6 Å². The molecule has 0 aliphatic rings. The first-order valence-electron chi connectivity index (χ1n) is 7.67. The molecule has 1 aromatic rings. The zero-order valence-corrected chi connectivity index (χ0v) is 14.0. The molecule has 8 nitrogen and oxygen atoms in total. The Hall–Kier alpha value is -2.48. The topological polar surface area (TPSA) is 136 Å². The third kappa shape index (κ3) is 5.31. The largest absolute Gasteiger partial charge is 0.480 e. The van der Waals surface area contributed by atoms with Gasteiger partial charge < -0.3 is 16.2 Å². The van der Waals surface area contributed by atoms with Crippen molar-refractivity contribution in [1.29, 1.82) is 0 Å². The Balaban J connectivity index is 3.04. The molecule has 0 aromatic heterocycles. The molecule has 0 aliphatic heterocycles. The Morgan fingerprint density at radius 2 is 1.96 bits per heavy atom. The van der Waals surface area contributed by atoms with Crippen LogP contribution < -0.4 is 11.1 Å². The number of aliphatic carboxylic acids is 1. The van der Waals surface area contributed by atoms with Crippen LogP contribution in [0.25, 0.3) is 0 Å². The Morgan fingerprint density at radius 1 is 1.33 bits per heavy atom. The monoisotopic (exact) mass is 337 g/mol. The molecule has 0 bridgehead atoms. The molecule has 1 rings (SSSR count). The lowest BCUT2D eigenvalue weighted by molar-refractivity contribution is -0.384. The molecule has 8 heteroatoms. The van der Waals surface area contributed by atoms with Gasteiger partial charge in [-0.25, -0.2) is 0 Å². The summed E-state index contributed by atoms with van der Waals surface area (Å²) in [4.78, 5) is 33.8. The van der Waals surface area contributed by atoms with Gasteiger partial charge in [0.25, 0.3) is 5.69 Å². The van der Waals surface area contributed by atoms with Gasteiger partial charge in [0.15, 0.2) is 5.78 Å². The van der Waals surface area contributed by atoms with Gasteiger partial charge in [0, 0.05) is 12.0 Å². The van der Waals surface area contributed by atoms with Crippen LogP contribution in [0.2, 0.25) is 0 Å². The Labute approximate surface area is 140 Å². The molecule has 0 amide bonds. The number of nitro groups is 1. The number of ketones is 1. The number of nitrogens with one attached hydrogen (secondary N) is 1. The van der Waals surface area contributed by atoms with E-state index in [0.717, 1.165) is 5.56 Å². The molecule has 0 radical (unpaired) electrons. The number of benzene rings is 1. The summed E-state index contributed by atoms with van der Waals surface area (Å²) in [5, 5.41) is 22.9. The van der Waals surface area contributed by atoms with Gasteiger partial charge in [-0.05, 0) is 31.4 Å². The minimum absolute atomic E-state index is 0.0884. The molecule has 0 heterocycles. The predicted octanol–water partition coefficient (Wildman–Crippen LogP) is 2.10. The highest BCUT2D eigenvalue weighted by Gasteiger charge is 2.26. The highest BCUT2D eigenvalue weighted by Crippen LogP contribution is 2.27. The van der Waals surface area contributed by atoms with Gasteiger partial charge in [-0.3, -0.25) is 19.7 Å². The lowest BCUT2D eigenvalue weighted by Gasteiger charge is -2.21. The molecule has 4 N–H and O–H groups in total. The van der Waals surface area contributed by atoms with Crippen LogP contribution in [0, 0.1) is 23.0 Å². The Kier molecular flexibility index (Phi) is 6.84. The first-order valence-corrected chi connectivity index (χ1v) is 7.67. The van der Waals surface area contributed by atoms with Crippen LogP contribution >= 0.6 is 0 Å². The molecule has 1 aromatic carbocycles. The van der Waals surface area contributed by atoms with E-state index in [-0.39, 0.29) is 35.9 Å². The fourth-order valence-corrected chi connectivity index (χ4v) is 2.27. The van der Waals surface area contributed by atoms with E-state index in [0.29, 0.717) is 0 Å². The number of carbonyl (C=O) groups is 2. The number of Topliss-reactive ketones (excluding diaryl/α,β-unsaturated/α-hetero) is 1. The number of anilines is 1. The van der Waals surface area contributed by atoms with E-state index in [1.54, 1.807) is 32.9 Å². The second kappa shape index (κ2) is 8.39. The van der Waals surface area contributed by atoms with Crippen molar-refractivity contribution >= 4 is 23.1 Å². The van der Waals surface area contributed by atoms with Crippen LogP contribution in [-0.4, -0.2) is 33.9 Å². The third-order valence-corrected chi connectivity index (χ3v) is 3.67. The average molecular weight is 337 g/mol. The first kappa shape index (κ1) is 19.6. The average Bonchev–Trinajstić information content (AvgIpc) is 2.49. The van der Waals surface area contributed by atoms with E-state index >= 15 is 0 Å². The van der Waals surface area contributed by atoms with E-state index in [1.165, 1.54) is 6.07 Å². The second-order valence-electron chi connectivity index (χ2n) is 6.05. The van der Waals surface area contributed by atoms with Crippen LogP contribution in [0.4, 0.5) is 11.4 Å². The zero-order valence-electron chi connectivity index (χ0n) is 14.0. The van der Waals surface area contributed by atoms with Gasteiger partial charge >= 0.3 is 5.97 Å². The van der Waals surface area contributed by atoms with Crippen molar-refractivity contribution in [2.75, 3.05) is 5.32 Å². The maximum atomic E-state index is 12.4. The predicted molar refractivity (Wildman–Crippen MR) is 89.9 cm³/mol. The number of hydrogen-bond donors (Lipinski definition) is 3. The van der Waals surface area contributed by atoms with E-state index in [4.69, 9.17) is 10.8 Å².